The number of carbonyl (C=O) groups excluding carboxylic acids is 1. The van der Waals surface area contributed by atoms with Crippen molar-refractivity contribution in [3.8, 4) is 0 Å². The first-order valence-corrected chi connectivity index (χ1v) is 8.59. The van der Waals surface area contributed by atoms with Gasteiger partial charge in [-0.3, -0.25) is 4.90 Å². The van der Waals surface area contributed by atoms with Crippen LogP contribution in [0.2, 0.25) is 0 Å². The van der Waals surface area contributed by atoms with Gasteiger partial charge >= 0.3 is 6.03 Å². The number of para-hydroxylation sites is 1. The zero-order valence-corrected chi connectivity index (χ0v) is 13.6. The molecule has 1 aliphatic carbocycles. The Labute approximate surface area is 133 Å². The summed E-state index contributed by atoms with van der Waals surface area (Å²) in [4.78, 5) is 16.9. The second-order valence-corrected chi connectivity index (χ2v) is 6.56. The van der Waals surface area contributed by atoms with Crippen molar-refractivity contribution in [2.24, 2.45) is 0 Å². The van der Waals surface area contributed by atoms with Crippen LogP contribution in [0.25, 0.3) is 0 Å². The van der Waals surface area contributed by atoms with Gasteiger partial charge in [-0.15, -0.1) is 0 Å². The molecule has 1 saturated carbocycles. The number of piperazine rings is 1. The van der Waals surface area contributed by atoms with Crippen LogP contribution >= 0.6 is 0 Å². The first kappa shape index (κ1) is 15.3. The minimum atomic E-state index is 0.0394. The van der Waals surface area contributed by atoms with Crippen LogP contribution < -0.4 is 5.32 Å². The van der Waals surface area contributed by atoms with E-state index in [0.29, 0.717) is 0 Å². The standard InChI is InChI=1S/C18H27N3O/c1-15-7-5-6-10-17(15)19-18(22)21-13-11-20(12-14-21)16-8-3-2-4-9-16/h5-7,10,16H,2-4,8-9,11-14H2,1H3,(H,19,22). The van der Waals surface area contributed by atoms with Gasteiger partial charge in [-0.1, -0.05) is 37.5 Å². The molecular weight excluding hydrogens is 274 g/mol. The largest absolute Gasteiger partial charge is 0.322 e. The number of nitrogens with zero attached hydrogens (tertiary/aromatic N) is 2. The molecule has 0 radical (unpaired) electrons. The molecule has 3 rings (SSSR count). The molecule has 0 atom stereocenters. The zero-order valence-electron chi connectivity index (χ0n) is 13.6. The second kappa shape index (κ2) is 7.14. The predicted molar refractivity (Wildman–Crippen MR) is 90.2 cm³/mol. The first-order valence-electron chi connectivity index (χ1n) is 8.59. The topological polar surface area (TPSA) is 35.6 Å². The maximum atomic E-state index is 12.4. The summed E-state index contributed by atoms with van der Waals surface area (Å²) in [5.74, 6) is 0. The predicted octanol–water partition coefficient (Wildman–Crippen LogP) is 3.48. The van der Waals surface area contributed by atoms with Crippen LogP contribution in [0.15, 0.2) is 24.3 Å². The molecule has 1 aromatic carbocycles. The van der Waals surface area contributed by atoms with Crippen molar-refractivity contribution in [3.63, 3.8) is 0 Å². The highest BCUT2D eigenvalue weighted by molar-refractivity contribution is 5.90. The van der Waals surface area contributed by atoms with Crippen molar-refractivity contribution in [2.45, 2.75) is 45.1 Å². The Morgan fingerprint density at radius 3 is 2.41 bits per heavy atom. The molecule has 1 aromatic rings. The van der Waals surface area contributed by atoms with Crippen LogP contribution in [-0.4, -0.2) is 48.1 Å². The van der Waals surface area contributed by atoms with Gasteiger partial charge in [-0.05, 0) is 31.4 Å². The molecule has 4 heteroatoms. The molecule has 22 heavy (non-hydrogen) atoms. The van der Waals surface area contributed by atoms with Crippen molar-refractivity contribution in [2.75, 3.05) is 31.5 Å². The average molecular weight is 301 g/mol. The number of hydrogen-bond acceptors (Lipinski definition) is 2. The van der Waals surface area contributed by atoms with Gasteiger partial charge in [0.15, 0.2) is 0 Å². The SMILES string of the molecule is Cc1ccccc1NC(=O)N1CCN(C2CCCCC2)CC1. The summed E-state index contributed by atoms with van der Waals surface area (Å²) in [7, 11) is 0. The number of aryl methyl sites for hydroxylation is 1. The summed E-state index contributed by atoms with van der Waals surface area (Å²) in [6.45, 7) is 5.75. The van der Waals surface area contributed by atoms with Gasteiger partial charge in [0.25, 0.3) is 0 Å². The Balaban J connectivity index is 1.50. The van der Waals surface area contributed by atoms with Gasteiger partial charge in [0.1, 0.15) is 0 Å². The molecule has 120 valence electrons. The highest BCUT2D eigenvalue weighted by Crippen LogP contribution is 2.23. The van der Waals surface area contributed by atoms with E-state index in [4.69, 9.17) is 0 Å². The smallest absolute Gasteiger partial charge is 0.321 e. The number of anilines is 1. The zero-order chi connectivity index (χ0) is 15.4. The van der Waals surface area contributed by atoms with Crippen molar-refractivity contribution in [3.05, 3.63) is 29.8 Å². The molecule has 2 aliphatic rings. The van der Waals surface area contributed by atoms with Gasteiger partial charge < -0.3 is 10.2 Å². The summed E-state index contributed by atoms with van der Waals surface area (Å²) in [5.41, 5.74) is 2.03. The molecule has 0 aromatic heterocycles. The highest BCUT2D eigenvalue weighted by atomic mass is 16.2. The average Bonchev–Trinajstić information content (AvgIpc) is 2.58. The van der Waals surface area contributed by atoms with Gasteiger partial charge in [0.05, 0.1) is 0 Å². The number of amides is 2. The third kappa shape index (κ3) is 3.61. The number of carbonyl (C=O) groups is 1. The van der Waals surface area contributed by atoms with E-state index in [1.165, 1.54) is 32.1 Å². The van der Waals surface area contributed by atoms with E-state index < -0.39 is 0 Å². The Kier molecular flexibility index (Phi) is 4.98. The van der Waals surface area contributed by atoms with Crippen LogP contribution in [0.4, 0.5) is 10.5 Å². The normalized spacial score (nSPS) is 20.9. The molecule has 1 N–H and O–H groups in total. The van der Waals surface area contributed by atoms with Crippen molar-refractivity contribution < 1.29 is 4.79 Å². The Morgan fingerprint density at radius 1 is 1.05 bits per heavy atom. The number of benzene rings is 1. The molecule has 4 nitrogen and oxygen atoms in total. The third-order valence-electron chi connectivity index (χ3n) is 5.08. The van der Waals surface area contributed by atoms with E-state index in [1.54, 1.807) is 0 Å². The molecule has 2 amide bonds. The summed E-state index contributed by atoms with van der Waals surface area (Å²) in [6, 6.07) is 8.74. The number of hydrogen-bond donors (Lipinski definition) is 1. The van der Waals surface area contributed by atoms with E-state index in [-0.39, 0.29) is 6.03 Å². The van der Waals surface area contributed by atoms with Crippen LogP contribution in [0.5, 0.6) is 0 Å². The summed E-state index contributed by atoms with van der Waals surface area (Å²) < 4.78 is 0. The molecular formula is C18H27N3O. The van der Waals surface area contributed by atoms with Crippen molar-refractivity contribution in [1.82, 2.24) is 9.80 Å². The summed E-state index contributed by atoms with van der Waals surface area (Å²) >= 11 is 0. The first-order chi connectivity index (χ1) is 10.7. The van der Waals surface area contributed by atoms with Crippen LogP contribution in [-0.2, 0) is 0 Å². The van der Waals surface area contributed by atoms with E-state index >= 15 is 0 Å². The molecule has 0 unspecified atom stereocenters. The number of rotatable bonds is 2. The van der Waals surface area contributed by atoms with Gasteiger partial charge in [-0.2, -0.15) is 0 Å². The Hall–Kier alpha value is -1.55. The third-order valence-corrected chi connectivity index (χ3v) is 5.08. The Bertz CT molecular complexity index is 503. The molecule has 0 spiro atoms. The molecule has 0 bridgehead atoms. The van der Waals surface area contributed by atoms with E-state index in [1.807, 2.05) is 36.1 Å². The summed E-state index contributed by atoms with van der Waals surface area (Å²) in [5, 5.41) is 3.04. The fraction of sp³-hybridized carbons (Fsp3) is 0.611. The lowest BCUT2D eigenvalue weighted by Crippen LogP contribution is -2.53. The van der Waals surface area contributed by atoms with E-state index in [0.717, 1.165) is 43.5 Å². The molecule has 1 heterocycles. The van der Waals surface area contributed by atoms with Gasteiger partial charge in [0, 0.05) is 37.9 Å². The lowest BCUT2D eigenvalue weighted by molar-refractivity contribution is 0.0943. The quantitative estimate of drug-likeness (QED) is 0.908. The van der Waals surface area contributed by atoms with Crippen molar-refractivity contribution >= 4 is 11.7 Å². The lowest BCUT2D eigenvalue weighted by atomic mass is 9.94. The fourth-order valence-corrected chi connectivity index (χ4v) is 3.64. The van der Waals surface area contributed by atoms with Crippen molar-refractivity contribution in [1.29, 1.82) is 0 Å². The van der Waals surface area contributed by atoms with Crippen LogP contribution in [0, 0.1) is 6.92 Å². The fourth-order valence-electron chi connectivity index (χ4n) is 3.64. The number of urea groups is 1. The maximum Gasteiger partial charge on any atom is 0.321 e. The van der Waals surface area contributed by atoms with E-state index in [9.17, 15) is 4.79 Å². The number of nitrogens with one attached hydrogen (secondary N) is 1. The molecule has 1 aliphatic heterocycles. The monoisotopic (exact) mass is 301 g/mol. The molecule has 1 saturated heterocycles. The van der Waals surface area contributed by atoms with E-state index in [2.05, 4.69) is 10.2 Å². The minimum Gasteiger partial charge on any atom is -0.322 e. The lowest BCUT2D eigenvalue weighted by Gasteiger charge is -2.40. The maximum absolute atomic E-state index is 12.4. The van der Waals surface area contributed by atoms with Gasteiger partial charge in [0.2, 0.25) is 0 Å². The summed E-state index contributed by atoms with van der Waals surface area (Å²) in [6.07, 6.45) is 6.83. The second-order valence-electron chi connectivity index (χ2n) is 6.56. The molecule has 2 fully saturated rings. The van der Waals surface area contributed by atoms with Gasteiger partial charge in [-0.25, -0.2) is 4.79 Å². The highest BCUT2D eigenvalue weighted by Gasteiger charge is 2.27. The van der Waals surface area contributed by atoms with Crippen LogP contribution in [0.1, 0.15) is 37.7 Å². The Morgan fingerprint density at radius 2 is 1.73 bits per heavy atom. The van der Waals surface area contributed by atoms with Crippen LogP contribution in [0.3, 0.4) is 0 Å². The minimum absolute atomic E-state index is 0.0394.